The smallest absolute Gasteiger partial charge is 0.254 e. The van der Waals surface area contributed by atoms with E-state index < -0.39 is 0 Å². The lowest BCUT2D eigenvalue weighted by atomic mass is 10.2. The van der Waals surface area contributed by atoms with Crippen molar-refractivity contribution in [2.24, 2.45) is 0 Å². The summed E-state index contributed by atoms with van der Waals surface area (Å²) in [4.78, 5) is 28.1. The minimum absolute atomic E-state index is 0. The maximum atomic E-state index is 12.6. The fraction of sp³-hybridized carbons (Fsp3) is 0.333. The summed E-state index contributed by atoms with van der Waals surface area (Å²) in [6.45, 7) is 3.54. The maximum Gasteiger partial charge on any atom is 0.254 e. The molecule has 1 aliphatic rings. The number of carbonyl (C=O) groups is 2. The minimum Gasteiger partial charge on any atom is -0.489 e. The van der Waals surface area contributed by atoms with Crippen LogP contribution in [0.5, 0.6) is 5.75 Å². The normalized spacial score (nSPS) is 13.4. The van der Waals surface area contributed by atoms with Crippen LogP contribution in [-0.2, 0) is 11.4 Å². The summed E-state index contributed by atoms with van der Waals surface area (Å²) in [5.41, 5.74) is 1.63. The Hall–Kier alpha value is -2.57. The molecule has 2 aromatic carbocycles. The summed E-state index contributed by atoms with van der Waals surface area (Å²) < 4.78 is 5.74. The fourth-order valence-corrected chi connectivity index (χ4v) is 2.94. The molecule has 0 saturated carbocycles. The molecule has 2 amide bonds. The molecule has 3 rings (SSSR count). The van der Waals surface area contributed by atoms with E-state index in [-0.39, 0.29) is 30.8 Å². The van der Waals surface area contributed by atoms with Crippen molar-refractivity contribution in [1.29, 1.82) is 0 Å². The maximum absolute atomic E-state index is 12.6. The van der Waals surface area contributed by atoms with Crippen LogP contribution < -0.4 is 10.1 Å². The van der Waals surface area contributed by atoms with Crippen LogP contribution in [0.2, 0.25) is 0 Å². The summed E-state index contributed by atoms with van der Waals surface area (Å²) in [6, 6.07) is 16.9. The van der Waals surface area contributed by atoms with Gasteiger partial charge < -0.3 is 19.9 Å². The number of carbonyl (C=O) groups excluding carboxylic acids is 2. The molecule has 0 spiro atoms. The van der Waals surface area contributed by atoms with Gasteiger partial charge in [0.1, 0.15) is 12.4 Å². The van der Waals surface area contributed by atoms with Crippen molar-refractivity contribution < 1.29 is 14.3 Å². The molecule has 2 aromatic rings. The minimum atomic E-state index is -0.173. The van der Waals surface area contributed by atoms with Gasteiger partial charge >= 0.3 is 0 Å². The van der Waals surface area contributed by atoms with E-state index in [4.69, 9.17) is 4.74 Å². The molecule has 1 N–H and O–H groups in total. The standard InChI is InChI=1S/C21H25N3O3.ClH/c1-23(15-20(25)24-13-11-22-12-14-24)21(26)18-7-9-19(10-8-18)27-16-17-5-3-2-4-6-17;/h2-10,22H,11-16H2,1H3;1H. The van der Waals surface area contributed by atoms with Crippen molar-refractivity contribution in [2.45, 2.75) is 6.61 Å². The van der Waals surface area contributed by atoms with Gasteiger partial charge in [0, 0.05) is 38.8 Å². The molecule has 0 bridgehead atoms. The predicted molar refractivity (Wildman–Crippen MR) is 111 cm³/mol. The molecule has 0 unspecified atom stereocenters. The van der Waals surface area contributed by atoms with Gasteiger partial charge in [-0.15, -0.1) is 12.4 Å². The molecular weight excluding hydrogens is 378 g/mol. The van der Waals surface area contributed by atoms with Gasteiger partial charge in [0.15, 0.2) is 0 Å². The number of hydrogen-bond donors (Lipinski definition) is 1. The Morgan fingerprint density at radius 1 is 1.04 bits per heavy atom. The number of rotatable bonds is 6. The first-order valence-corrected chi connectivity index (χ1v) is 9.14. The highest BCUT2D eigenvalue weighted by atomic mass is 35.5. The second-order valence-electron chi connectivity index (χ2n) is 6.59. The van der Waals surface area contributed by atoms with E-state index in [0.717, 1.165) is 18.7 Å². The van der Waals surface area contributed by atoms with Gasteiger partial charge in [-0.2, -0.15) is 0 Å². The first kappa shape index (κ1) is 21.7. The van der Waals surface area contributed by atoms with Crippen molar-refractivity contribution in [3.8, 4) is 5.75 Å². The van der Waals surface area contributed by atoms with Gasteiger partial charge in [-0.05, 0) is 29.8 Å². The Morgan fingerprint density at radius 3 is 2.32 bits per heavy atom. The van der Waals surface area contributed by atoms with Crippen LogP contribution in [0, 0.1) is 0 Å². The molecular formula is C21H26ClN3O3. The predicted octanol–water partition coefficient (Wildman–Crippen LogP) is 2.19. The van der Waals surface area contributed by atoms with Gasteiger partial charge in [-0.3, -0.25) is 9.59 Å². The van der Waals surface area contributed by atoms with Crippen molar-refractivity contribution in [3.63, 3.8) is 0 Å². The molecule has 0 aromatic heterocycles. The van der Waals surface area contributed by atoms with Crippen molar-refractivity contribution in [3.05, 3.63) is 65.7 Å². The summed E-state index contributed by atoms with van der Waals surface area (Å²) in [5.74, 6) is 0.512. The van der Waals surface area contributed by atoms with Crippen LogP contribution >= 0.6 is 12.4 Å². The van der Waals surface area contributed by atoms with Crippen LogP contribution in [0.3, 0.4) is 0 Å². The molecule has 28 heavy (non-hydrogen) atoms. The van der Waals surface area contributed by atoms with Crippen LogP contribution in [0.15, 0.2) is 54.6 Å². The van der Waals surface area contributed by atoms with E-state index in [9.17, 15) is 9.59 Å². The molecule has 1 aliphatic heterocycles. The Kier molecular flexibility index (Phi) is 8.29. The first-order valence-electron chi connectivity index (χ1n) is 9.14. The third-order valence-electron chi connectivity index (χ3n) is 4.54. The molecule has 0 atom stereocenters. The van der Waals surface area contributed by atoms with Gasteiger partial charge in [-0.25, -0.2) is 0 Å². The summed E-state index contributed by atoms with van der Waals surface area (Å²) >= 11 is 0. The van der Waals surface area contributed by atoms with Crippen LogP contribution in [-0.4, -0.2) is 61.4 Å². The fourth-order valence-electron chi connectivity index (χ4n) is 2.94. The molecule has 6 nitrogen and oxygen atoms in total. The lowest BCUT2D eigenvalue weighted by molar-refractivity contribution is -0.132. The number of piperazine rings is 1. The zero-order valence-corrected chi connectivity index (χ0v) is 16.8. The van der Waals surface area contributed by atoms with Crippen molar-refractivity contribution >= 4 is 24.2 Å². The van der Waals surface area contributed by atoms with E-state index in [2.05, 4.69) is 5.32 Å². The quantitative estimate of drug-likeness (QED) is 0.803. The number of hydrogen-bond acceptors (Lipinski definition) is 4. The zero-order valence-electron chi connectivity index (χ0n) is 16.0. The number of nitrogens with zero attached hydrogens (tertiary/aromatic N) is 2. The van der Waals surface area contributed by atoms with Gasteiger partial charge in [0.05, 0.1) is 6.54 Å². The summed E-state index contributed by atoms with van der Waals surface area (Å²) in [5, 5.41) is 3.21. The van der Waals surface area contributed by atoms with E-state index in [1.165, 1.54) is 4.90 Å². The Labute approximate surface area is 171 Å². The third kappa shape index (κ3) is 5.97. The number of ether oxygens (including phenoxy) is 1. The molecule has 150 valence electrons. The third-order valence-corrected chi connectivity index (χ3v) is 4.54. The highest BCUT2D eigenvalue weighted by Crippen LogP contribution is 2.15. The highest BCUT2D eigenvalue weighted by Gasteiger charge is 2.20. The number of nitrogens with one attached hydrogen (secondary N) is 1. The number of amides is 2. The Bertz CT molecular complexity index is 762. The van der Waals surface area contributed by atoms with Crippen molar-refractivity contribution in [2.75, 3.05) is 39.8 Å². The molecule has 0 aliphatic carbocycles. The van der Waals surface area contributed by atoms with Crippen LogP contribution in [0.4, 0.5) is 0 Å². The number of likely N-dealkylation sites (N-methyl/N-ethyl adjacent to an activating group) is 1. The molecule has 1 heterocycles. The molecule has 7 heteroatoms. The highest BCUT2D eigenvalue weighted by molar-refractivity contribution is 5.96. The number of benzene rings is 2. The molecule has 0 radical (unpaired) electrons. The van der Waals surface area contributed by atoms with Gasteiger partial charge in [0.2, 0.25) is 5.91 Å². The topological polar surface area (TPSA) is 61.9 Å². The second kappa shape index (κ2) is 10.7. The molecule has 1 saturated heterocycles. The van der Waals surface area contributed by atoms with Gasteiger partial charge in [0.25, 0.3) is 5.91 Å². The van der Waals surface area contributed by atoms with Crippen LogP contribution in [0.25, 0.3) is 0 Å². The Morgan fingerprint density at radius 2 is 1.68 bits per heavy atom. The first-order chi connectivity index (χ1) is 13.1. The van der Waals surface area contributed by atoms with E-state index in [1.807, 2.05) is 30.3 Å². The SMILES string of the molecule is CN(CC(=O)N1CCNCC1)C(=O)c1ccc(OCc2ccccc2)cc1.Cl. The molecule has 1 fully saturated rings. The lowest BCUT2D eigenvalue weighted by Crippen LogP contribution is -2.49. The van der Waals surface area contributed by atoms with Crippen molar-refractivity contribution in [1.82, 2.24) is 15.1 Å². The average Bonchev–Trinajstić information content (AvgIpc) is 2.73. The average molecular weight is 404 g/mol. The number of halogens is 1. The summed E-state index contributed by atoms with van der Waals surface area (Å²) in [7, 11) is 1.66. The Balaban J connectivity index is 0.00000280. The second-order valence-corrected chi connectivity index (χ2v) is 6.59. The zero-order chi connectivity index (χ0) is 19.1. The monoisotopic (exact) mass is 403 g/mol. The lowest BCUT2D eigenvalue weighted by Gasteiger charge is -2.29. The van der Waals surface area contributed by atoms with E-state index >= 15 is 0 Å². The van der Waals surface area contributed by atoms with Gasteiger partial charge in [-0.1, -0.05) is 30.3 Å². The van der Waals surface area contributed by atoms with E-state index in [1.54, 1.807) is 36.2 Å². The van der Waals surface area contributed by atoms with E-state index in [0.29, 0.717) is 31.0 Å². The van der Waals surface area contributed by atoms with Crippen LogP contribution in [0.1, 0.15) is 15.9 Å². The summed E-state index contributed by atoms with van der Waals surface area (Å²) in [6.07, 6.45) is 0. The largest absolute Gasteiger partial charge is 0.489 e.